The average molecular weight is 853 g/mol. The van der Waals surface area contributed by atoms with Crippen molar-refractivity contribution in [2.45, 2.75) is 0 Å². The Morgan fingerprint density at radius 3 is 1.26 bits per heavy atom. The number of hydrogen-bond donors (Lipinski definition) is 0. The molecule has 10 aromatic carbocycles. The van der Waals surface area contributed by atoms with Crippen molar-refractivity contribution in [3.8, 4) is 72.4 Å². The summed E-state index contributed by atoms with van der Waals surface area (Å²) >= 11 is 0.231. The molecule has 2 heterocycles. The summed E-state index contributed by atoms with van der Waals surface area (Å²) in [5.74, 6) is 0. The number of fused-ring (bicyclic) bond motifs is 6. The summed E-state index contributed by atoms with van der Waals surface area (Å²) in [6, 6.07) is 87.2. The van der Waals surface area contributed by atoms with Crippen molar-refractivity contribution >= 4 is 55.6 Å². The van der Waals surface area contributed by atoms with Gasteiger partial charge in [0.25, 0.3) is 0 Å². The molecule has 290 valence electrons. The summed E-state index contributed by atoms with van der Waals surface area (Å²) in [5, 5.41) is 5.21. The number of hydrogen-bond acceptors (Lipinski definition) is 0. The Kier molecular flexibility index (Phi) is 8.92. The number of nitrogens with zero attached hydrogens (tertiary/aromatic N) is 1. The molecule has 0 fully saturated rings. The monoisotopic (exact) mass is 853 g/mol. The van der Waals surface area contributed by atoms with Gasteiger partial charge in [0.2, 0.25) is 0 Å². The minimum Gasteiger partial charge on any atom is -0.0617 e. The predicted molar refractivity (Wildman–Crippen MR) is 265 cm³/mol. The molecule has 1 nitrogen and oxygen atoms in total. The smallest absolute Gasteiger partial charge is 0.0617 e. The zero-order valence-electron chi connectivity index (χ0n) is 33.9. The third-order valence-corrected chi connectivity index (χ3v) is 14.9. The molecule has 0 aliphatic heterocycles. The van der Waals surface area contributed by atoms with Crippen LogP contribution in [0.3, 0.4) is 0 Å². The van der Waals surface area contributed by atoms with E-state index in [0.29, 0.717) is 0 Å². The third kappa shape index (κ3) is 6.41. The van der Waals surface area contributed by atoms with Gasteiger partial charge in [-0.05, 0) is 29.3 Å². The van der Waals surface area contributed by atoms with Crippen LogP contribution >= 0.6 is 0 Å². The fourth-order valence-electron chi connectivity index (χ4n) is 9.33. The van der Waals surface area contributed by atoms with Gasteiger partial charge in [-0.2, -0.15) is 0 Å². The van der Waals surface area contributed by atoms with E-state index >= 15 is 0 Å². The maximum atomic E-state index is 2.45. The molecule has 12 rings (SSSR count). The van der Waals surface area contributed by atoms with Gasteiger partial charge < -0.3 is 0 Å². The molecule has 12 aromatic rings. The fraction of sp³-hybridized carbons (Fsp3) is 0. The Morgan fingerprint density at radius 1 is 0.258 bits per heavy atom. The van der Waals surface area contributed by atoms with Crippen LogP contribution < -0.4 is 0 Å². The molecule has 0 aliphatic rings. The zero-order valence-corrected chi connectivity index (χ0v) is 35.6. The second-order valence-corrected chi connectivity index (χ2v) is 18.3. The second-order valence-electron chi connectivity index (χ2n) is 16.1. The van der Waals surface area contributed by atoms with Crippen LogP contribution in [0.25, 0.3) is 114 Å². The molecule has 0 N–H and O–H groups in total. The minimum atomic E-state index is 0.231. The van der Waals surface area contributed by atoms with E-state index in [0.717, 1.165) is 5.69 Å². The van der Waals surface area contributed by atoms with E-state index < -0.39 is 0 Å². The first-order chi connectivity index (χ1) is 30.7. The van der Waals surface area contributed by atoms with Crippen LogP contribution in [0, 0.1) is 0 Å². The Hall–Kier alpha value is -7.48. The van der Waals surface area contributed by atoms with Gasteiger partial charge in [0.15, 0.2) is 0 Å². The predicted octanol–water partition coefficient (Wildman–Crippen LogP) is 16.1. The van der Waals surface area contributed by atoms with Crippen molar-refractivity contribution in [3.63, 3.8) is 0 Å². The SMILES string of the molecule is c1ccc(-c2cccc(-c3cc(-c4ccc5[se]c6c(-c7ccccc7)cccc6c5c4)cc(-c4ccc5c(c4)c4cc(-c6ccccc6)ccc4n5-c4ccccc4)c3)c2)cc1. The van der Waals surface area contributed by atoms with Crippen molar-refractivity contribution in [2.75, 3.05) is 0 Å². The fourth-order valence-corrected chi connectivity index (χ4v) is 11.9. The van der Waals surface area contributed by atoms with E-state index in [1.165, 1.54) is 108 Å². The molecular weight excluding hydrogens is 814 g/mol. The van der Waals surface area contributed by atoms with E-state index in [9.17, 15) is 0 Å². The molecule has 0 saturated carbocycles. The molecular formula is C60H39NSe. The number of aromatic nitrogens is 1. The summed E-state index contributed by atoms with van der Waals surface area (Å²) in [6.07, 6.45) is 0. The molecule has 2 aromatic heterocycles. The minimum absolute atomic E-state index is 0.231. The van der Waals surface area contributed by atoms with Crippen molar-refractivity contribution < 1.29 is 0 Å². The molecule has 0 atom stereocenters. The zero-order chi connectivity index (χ0) is 41.0. The number of rotatable bonds is 7. The first kappa shape index (κ1) is 36.4. The molecule has 0 bridgehead atoms. The topological polar surface area (TPSA) is 4.93 Å². The Bertz CT molecular complexity index is 3600. The summed E-state index contributed by atoms with van der Waals surface area (Å²) < 4.78 is 5.33. The van der Waals surface area contributed by atoms with Gasteiger partial charge in [-0.25, -0.2) is 0 Å². The molecule has 62 heavy (non-hydrogen) atoms. The maximum absolute atomic E-state index is 2.45. The third-order valence-electron chi connectivity index (χ3n) is 12.4. The van der Waals surface area contributed by atoms with Gasteiger partial charge in [-0.15, -0.1) is 0 Å². The van der Waals surface area contributed by atoms with E-state index in [4.69, 9.17) is 0 Å². The molecule has 0 saturated heterocycles. The molecule has 2 heteroatoms. The van der Waals surface area contributed by atoms with Crippen LogP contribution in [0.1, 0.15) is 0 Å². The summed E-state index contributed by atoms with van der Waals surface area (Å²) in [6.45, 7) is 0. The standard InChI is InChI=1S/C60H39NSe/c1-5-15-40(16-6-1)43-21-13-22-44(33-43)48-34-49(36-50(35-48)47-29-32-59-56(39-47)53-26-14-25-52(60(53)62-59)42-19-9-3-10-20-42)46-28-31-58-55(38-46)54-37-45(41-17-7-2-8-18-41)27-30-57(54)61(58)51-23-11-4-12-24-51/h1-39H. The summed E-state index contributed by atoms with van der Waals surface area (Å²) in [4.78, 5) is 0. The van der Waals surface area contributed by atoms with E-state index in [1.807, 2.05) is 0 Å². The average Bonchev–Trinajstić information content (AvgIpc) is 3.90. The Morgan fingerprint density at radius 2 is 0.677 bits per heavy atom. The van der Waals surface area contributed by atoms with Crippen molar-refractivity contribution in [1.29, 1.82) is 0 Å². The molecule has 0 unspecified atom stereocenters. The molecule has 0 aliphatic carbocycles. The van der Waals surface area contributed by atoms with Crippen LogP contribution in [0.4, 0.5) is 0 Å². The van der Waals surface area contributed by atoms with Gasteiger partial charge in [0.05, 0.1) is 0 Å². The van der Waals surface area contributed by atoms with Crippen LogP contribution in [-0.2, 0) is 0 Å². The van der Waals surface area contributed by atoms with Crippen LogP contribution in [0.5, 0.6) is 0 Å². The first-order valence-electron chi connectivity index (χ1n) is 21.2. The molecule has 0 spiro atoms. The van der Waals surface area contributed by atoms with E-state index in [2.05, 4.69) is 241 Å². The van der Waals surface area contributed by atoms with Crippen LogP contribution in [0.2, 0.25) is 0 Å². The van der Waals surface area contributed by atoms with Crippen LogP contribution in [-0.4, -0.2) is 19.1 Å². The van der Waals surface area contributed by atoms with E-state index in [1.54, 1.807) is 0 Å². The molecule has 0 amide bonds. The van der Waals surface area contributed by atoms with Crippen molar-refractivity contribution in [3.05, 3.63) is 237 Å². The first-order valence-corrected chi connectivity index (χ1v) is 22.9. The van der Waals surface area contributed by atoms with Gasteiger partial charge in [0, 0.05) is 5.69 Å². The normalized spacial score (nSPS) is 11.5. The van der Waals surface area contributed by atoms with Gasteiger partial charge in [-0.1, -0.05) is 72.8 Å². The second kappa shape index (κ2) is 15.2. The molecule has 0 radical (unpaired) electrons. The van der Waals surface area contributed by atoms with E-state index in [-0.39, 0.29) is 14.5 Å². The van der Waals surface area contributed by atoms with Crippen molar-refractivity contribution in [2.24, 2.45) is 0 Å². The van der Waals surface area contributed by atoms with Gasteiger partial charge in [-0.3, -0.25) is 0 Å². The quantitative estimate of drug-likeness (QED) is 0.141. The Balaban J connectivity index is 1.06. The van der Waals surface area contributed by atoms with Crippen molar-refractivity contribution in [1.82, 2.24) is 4.57 Å². The van der Waals surface area contributed by atoms with Gasteiger partial charge >= 0.3 is 261 Å². The van der Waals surface area contributed by atoms with Crippen LogP contribution in [0.15, 0.2) is 237 Å². The van der Waals surface area contributed by atoms with Gasteiger partial charge in [0.1, 0.15) is 0 Å². The summed E-state index contributed by atoms with van der Waals surface area (Å²) in [5.41, 5.74) is 18.3. The Labute approximate surface area is 367 Å². The number of para-hydroxylation sites is 1. The number of benzene rings is 10. The summed E-state index contributed by atoms with van der Waals surface area (Å²) in [7, 11) is 0.